The van der Waals surface area contributed by atoms with Crippen LogP contribution in [0.15, 0.2) is 47.9 Å². The second kappa shape index (κ2) is 7.70. The van der Waals surface area contributed by atoms with Crippen molar-refractivity contribution in [1.29, 1.82) is 0 Å². The van der Waals surface area contributed by atoms with Crippen LogP contribution >= 0.6 is 11.8 Å². The molecule has 5 nitrogen and oxygen atoms in total. The van der Waals surface area contributed by atoms with Crippen LogP contribution in [0.5, 0.6) is 0 Å². The van der Waals surface area contributed by atoms with Gasteiger partial charge in [0.25, 0.3) is 5.91 Å². The highest BCUT2D eigenvalue weighted by molar-refractivity contribution is 8.02. The van der Waals surface area contributed by atoms with Gasteiger partial charge in [-0.2, -0.15) is 0 Å². The van der Waals surface area contributed by atoms with Crippen LogP contribution in [0.3, 0.4) is 0 Å². The predicted molar refractivity (Wildman–Crippen MR) is 91.2 cm³/mol. The summed E-state index contributed by atoms with van der Waals surface area (Å²) in [5.41, 5.74) is 2.47. The zero-order chi connectivity index (χ0) is 19.6. The van der Waals surface area contributed by atoms with Crippen LogP contribution in [0.2, 0.25) is 0 Å². The Balaban J connectivity index is 1.80. The van der Waals surface area contributed by atoms with Crippen molar-refractivity contribution >= 4 is 29.4 Å². The van der Waals surface area contributed by atoms with Crippen LogP contribution in [-0.2, 0) is 4.79 Å². The van der Waals surface area contributed by atoms with Crippen LogP contribution < -0.4 is 10.7 Å². The average Bonchev–Trinajstić information content (AvgIpc) is 2.63. The van der Waals surface area contributed by atoms with Crippen LogP contribution in [0.25, 0.3) is 0 Å². The molecule has 1 unspecified atom stereocenters. The molecule has 1 atom stereocenters. The molecule has 0 aromatic heterocycles. The lowest BCUT2D eigenvalue weighted by molar-refractivity contribution is -0.129. The van der Waals surface area contributed by atoms with Gasteiger partial charge in [-0.1, -0.05) is 0 Å². The van der Waals surface area contributed by atoms with E-state index < -0.39 is 40.6 Å². The number of carbonyl (C=O) groups excluding carboxylic acids is 2. The van der Waals surface area contributed by atoms with Gasteiger partial charge in [0.05, 0.1) is 0 Å². The van der Waals surface area contributed by atoms with Gasteiger partial charge >= 0.3 is 6.03 Å². The molecule has 0 spiro atoms. The SMILES string of the molecule is O=C(Nc1ccc(F)cc1)NN1C(=O)C=CSC1c1cc(F)c(F)c(F)c1. The molecule has 2 aromatic carbocycles. The fraction of sp³-hybridized carbons (Fsp3) is 0.0588. The van der Waals surface area contributed by atoms with Gasteiger partial charge < -0.3 is 5.32 Å². The van der Waals surface area contributed by atoms with Gasteiger partial charge in [0.2, 0.25) is 0 Å². The molecule has 140 valence electrons. The standard InChI is InChI=1S/C17H11F4N3O2S/c18-10-1-3-11(4-2-10)22-17(26)23-24-14(25)5-6-27-16(24)9-7-12(19)15(21)13(20)8-9/h1-8,16H,(H2,22,23,26). The summed E-state index contributed by atoms with van der Waals surface area (Å²) in [6, 6.07) is 5.54. The van der Waals surface area contributed by atoms with Gasteiger partial charge in [0.15, 0.2) is 17.5 Å². The Labute approximate surface area is 155 Å². The van der Waals surface area contributed by atoms with Gasteiger partial charge in [0.1, 0.15) is 11.2 Å². The lowest BCUT2D eigenvalue weighted by Crippen LogP contribution is -2.49. The molecule has 0 aliphatic carbocycles. The van der Waals surface area contributed by atoms with Crippen molar-refractivity contribution in [2.75, 3.05) is 5.32 Å². The van der Waals surface area contributed by atoms with Gasteiger partial charge in [-0.05, 0) is 47.4 Å². The van der Waals surface area contributed by atoms with Crippen molar-refractivity contribution in [2.24, 2.45) is 0 Å². The van der Waals surface area contributed by atoms with E-state index in [1.54, 1.807) is 0 Å². The highest BCUT2D eigenvalue weighted by atomic mass is 32.2. The van der Waals surface area contributed by atoms with E-state index >= 15 is 0 Å². The van der Waals surface area contributed by atoms with Crippen molar-refractivity contribution in [1.82, 2.24) is 10.4 Å². The molecule has 0 saturated heterocycles. The fourth-order valence-electron chi connectivity index (χ4n) is 2.29. The summed E-state index contributed by atoms with van der Waals surface area (Å²) in [6.45, 7) is 0. The summed E-state index contributed by atoms with van der Waals surface area (Å²) in [7, 11) is 0. The molecule has 0 radical (unpaired) electrons. The minimum atomic E-state index is -1.63. The molecular weight excluding hydrogens is 386 g/mol. The topological polar surface area (TPSA) is 61.4 Å². The van der Waals surface area contributed by atoms with Crippen molar-refractivity contribution in [2.45, 2.75) is 5.37 Å². The predicted octanol–water partition coefficient (Wildman–Crippen LogP) is 4.07. The summed E-state index contributed by atoms with van der Waals surface area (Å²) < 4.78 is 53.1. The Hall–Kier alpha value is -3.01. The highest BCUT2D eigenvalue weighted by Gasteiger charge is 2.30. The minimum Gasteiger partial charge on any atom is -0.307 e. The van der Waals surface area contributed by atoms with Crippen LogP contribution in [0.4, 0.5) is 28.0 Å². The molecule has 10 heteroatoms. The van der Waals surface area contributed by atoms with E-state index in [0.717, 1.165) is 47.1 Å². The summed E-state index contributed by atoms with van der Waals surface area (Å²) in [5.74, 6) is -5.60. The number of anilines is 1. The first-order chi connectivity index (χ1) is 12.8. The van der Waals surface area contributed by atoms with E-state index in [1.807, 2.05) is 0 Å². The molecule has 1 heterocycles. The molecule has 0 fully saturated rings. The summed E-state index contributed by atoms with van der Waals surface area (Å²) in [4.78, 5) is 24.2. The molecule has 1 aliphatic heterocycles. The number of hydrazine groups is 1. The molecular formula is C17H11F4N3O2S. The largest absolute Gasteiger partial charge is 0.338 e. The molecule has 1 aliphatic rings. The van der Waals surface area contributed by atoms with Crippen LogP contribution in [0.1, 0.15) is 10.9 Å². The van der Waals surface area contributed by atoms with Gasteiger partial charge in [0, 0.05) is 11.8 Å². The average molecular weight is 397 g/mol. The van der Waals surface area contributed by atoms with Crippen molar-refractivity contribution < 1.29 is 27.2 Å². The normalized spacial score (nSPS) is 16.4. The number of rotatable bonds is 3. The van der Waals surface area contributed by atoms with Crippen LogP contribution in [0, 0.1) is 23.3 Å². The summed E-state index contributed by atoms with van der Waals surface area (Å²) in [5, 5.41) is 3.60. The summed E-state index contributed by atoms with van der Waals surface area (Å²) >= 11 is 0.978. The van der Waals surface area contributed by atoms with Gasteiger partial charge in [-0.15, -0.1) is 11.8 Å². The number of nitrogens with zero attached hydrogens (tertiary/aromatic N) is 1. The van der Waals surface area contributed by atoms with E-state index in [4.69, 9.17) is 0 Å². The Morgan fingerprint density at radius 3 is 2.30 bits per heavy atom. The third-order valence-corrected chi connectivity index (χ3v) is 4.54. The first-order valence-corrected chi connectivity index (χ1v) is 8.42. The van der Waals surface area contributed by atoms with Crippen molar-refractivity contribution in [3.63, 3.8) is 0 Å². The molecule has 27 heavy (non-hydrogen) atoms. The number of carbonyl (C=O) groups is 2. The first kappa shape index (κ1) is 18.8. The maximum atomic E-state index is 13.5. The number of thioether (sulfide) groups is 1. The van der Waals surface area contributed by atoms with E-state index in [-0.39, 0.29) is 11.3 Å². The van der Waals surface area contributed by atoms with Gasteiger partial charge in [-0.3, -0.25) is 4.79 Å². The molecule has 3 rings (SSSR count). The molecule has 2 N–H and O–H groups in total. The number of hydrogen-bond acceptors (Lipinski definition) is 3. The second-order valence-electron chi connectivity index (χ2n) is 5.37. The zero-order valence-electron chi connectivity index (χ0n) is 13.4. The third-order valence-electron chi connectivity index (χ3n) is 3.51. The lowest BCUT2D eigenvalue weighted by Gasteiger charge is -2.32. The number of amides is 3. The van der Waals surface area contributed by atoms with E-state index in [1.165, 1.54) is 17.5 Å². The van der Waals surface area contributed by atoms with Crippen molar-refractivity contribution in [3.8, 4) is 0 Å². The van der Waals surface area contributed by atoms with E-state index in [0.29, 0.717) is 0 Å². The molecule has 3 amide bonds. The number of urea groups is 1. The highest BCUT2D eigenvalue weighted by Crippen LogP contribution is 2.36. The monoisotopic (exact) mass is 397 g/mol. The maximum absolute atomic E-state index is 13.5. The van der Waals surface area contributed by atoms with Gasteiger partial charge in [-0.25, -0.2) is 32.8 Å². The number of nitrogens with one attached hydrogen (secondary N) is 2. The third kappa shape index (κ3) is 4.22. The minimum absolute atomic E-state index is 0.0591. The molecule has 0 bridgehead atoms. The Morgan fingerprint density at radius 1 is 1.04 bits per heavy atom. The van der Waals surface area contributed by atoms with Crippen LogP contribution in [-0.4, -0.2) is 16.9 Å². The maximum Gasteiger partial charge on any atom is 0.338 e. The number of halogens is 4. The second-order valence-corrected chi connectivity index (χ2v) is 6.36. The van der Waals surface area contributed by atoms with E-state index in [2.05, 4.69) is 10.7 Å². The summed E-state index contributed by atoms with van der Waals surface area (Å²) in [6.07, 6.45) is 1.15. The fourth-order valence-corrected chi connectivity index (χ4v) is 3.20. The quantitative estimate of drug-likeness (QED) is 0.606. The first-order valence-electron chi connectivity index (χ1n) is 7.48. The van der Waals surface area contributed by atoms with E-state index in [9.17, 15) is 27.2 Å². The Kier molecular flexibility index (Phi) is 5.36. The Bertz CT molecular complexity index is 898. The lowest BCUT2D eigenvalue weighted by atomic mass is 10.2. The zero-order valence-corrected chi connectivity index (χ0v) is 14.2. The Morgan fingerprint density at radius 2 is 1.67 bits per heavy atom. The van der Waals surface area contributed by atoms with Crippen molar-refractivity contribution in [3.05, 3.63) is 76.7 Å². The molecule has 2 aromatic rings. The number of benzene rings is 2. The smallest absolute Gasteiger partial charge is 0.307 e. The molecule has 0 saturated carbocycles. The number of hydrogen-bond donors (Lipinski definition) is 2.